The third-order valence-electron chi connectivity index (χ3n) is 4.80. The molecule has 1 aliphatic rings. The van der Waals surface area contributed by atoms with Crippen LogP contribution in [0.3, 0.4) is 0 Å². The summed E-state index contributed by atoms with van der Waals surface area (Å²) in [7, 11) is -9.47. The Hall–Kier alpha value is -2.04. The smallest absolute Gasteiger partial charge is 0.295 e. The number of hydrogen-bond acceptors (Lipinski definition) is 5. The molecule has 10 heteroatoms. The van der Waals surface area contributed by atoms with Crippen LogP contribution >= 0.6 is 0 Å². The second-order valence-corrected chi connectivity index (χ2v) is 10.4. The second kappa shape index (κ2) is 8.37. The van der Waals surface area contributed by atoms with E-state index in [0.29, 0.717) is 18.8 Å². The van der Waals surface area contributed by atoms with Gasteiger partial charge in [-0.2, -0.15) is 8.78 Å². The van der Waals surface area contributed by atoms with Gasteiger partial charge in [0.05, 0.1) is 10.6 Å². The Bertz CT molecular complexity index is 1100. The van der Waals surface area contributed by atoms with Gasteiger partial charge < -0.3 is 0 Å². The molecule has 0 radical (unpaired) electrons. The first kappa shape index (κ1) is 21.7. The largest absolute Gasteiger partial charge is 0.341 e. The van der Waals surface area contributed by atoms with Crippen LogP contribution in [-0.2, 0) is 33.0 Å². The zero-order chi connectivity index (χ0) is 21.2. The standard InChI is InChI=1S/C19H22F2N2O4S2/c1-2-3-11-23-12-14-7-6-8-16(15(14)13-23)22-29(26,27)18-10-5-4-9-17(18)28(24,25)19(20)21/h4-10,19,22H,2-3,11-13H2,1H3. The predicted octanol–water partition coefficient (Wildman–Crippen LogP) is 3.60. The Morgan fingerprint density at radius 2 is 1.69 bits per heavy atom. The van der Waals surface area contributed by atoms with E-state index in [1.54, 1.807) is 12.1 Å². The van der Waals surface area contributed by atoms with E-state index in [0.717, 1.165) is 42.6 Å². The first-order chi connectivity index (χ1) is 13.7. The monoisotopic (exact) mass is 444 g/mol. The van der Waals surface area contributed by atoms with Crippen molar-refractivity contribution in [2.24, 2.45) is 0 Å². The SMILES string of the molecule is CCCCN1Cc2cccc(NS(=O)(=O)c3ccccc3S(=O)(=O)C(F)F)c2C1. The molecule has 1 N–H and O–H groups in total. The quantitative estimate of drug-likeness (QED) is 0.673. The van der Waals surface area contributed by atoms with E-state index in [-0.39, 0.29) is 0 Å². The molecular formula is C19H22F2N2O4S2. The van der Waals surface area contributed by atoms with Crippen LogP contribution in [-0.4, -0.2) is 34.0 Å². The first-order valence-corrected chi connectivity index (χ1v) is 12.2. The molecule has 1 heterocycles. The Labute approximate surface area is 169 Å². The number of benzene rings is 2. The average Bonchev–Trinajstić information content (AvgIpc) is 3.10. The Morgan fingerprint density at radius 3 is 2.34 bits per heavy atom. The number of anilines is 1. The summed E-state index contributed by atoms with van der Waals surface area (Å²) in [6.45, 7) is 4.23. The molecule has 3 rings (SSSR count). The Morgan fingerprint density at radius 1 is 1.00 bits per heavy atom. The minimum Gasteiger partial charge on any atom is -0.295 e. The van der Waals surface area contributed by atoms with E-state index in [9.17, 15) is 25.6 Å². The lowest BCUT2D eigenvalue weighted by Gasteiger charge is -2.15. The van der Waals surface area contributed by atoms with Gasteiger partial charge in [0.2, 0.25) is 9.84 Å². The number of sulfone groups is 1. The molecule has 29 heavy (non-hydrogen) atoms. The minimum atomic E-state index is -5.07. The highest BCUT2D eigenvalue weighted by atomic mass is 32.2. The lowest BCUT2D eigenvalue weighted by molar-refractivity contribution is 0.234. The van der Waals surface area contributed by atoms with Gasteiger partial charge in [0.25, 0.3) is 10.0 Å². The van der Waals surface area contributed by atoms with Crippen LogP contribution in [0.15, 0.2) is 52.3 Å². The van der Waals surface area contributed by atoms with Crippen LogP contribution in [0.4, 0.5) is 14.5 Å². The second-order valence-electron chi connectivity index (χ2n) is 6.87. The van der Waals surface area contributed by atoms with Gasteiger partial charge in [0.1, 0.15) is 4.90 Å². The number of nitrogens with zero attached hydrogens (tertiary/aromatic N) is 1. The molecule has 0 amide bonds. The summed E-state index contributed by atoms with van der Waals surface area (Å²) in [4.78, 5) is 0.583. The van der Waals surface area contributed by atoms with Gasteiger partial charge in [-0.15, -0.1) is 0 Å². The maximum Gasteiger partial charge on any atom is 0.341 e. The number of alkyl halides is 2. The summed E-state index contributed by atoms with van der Waals surface area (Å²) >= 11 is 0. The molecule has 158 valence electrons. The number of halogens is 2. The lowest BCUT2D eigenvalue weighted by atomic mass is 10.1. The van der Waals surface area contributed by atoms with Crippen molar-refractivity contribution in [1.82, 2.24) is 4.90 Å². The topological polar surface area (TPSA) is 83.6 Å². The summed E-state index contributed by atoms with van der Waals surface area (Å²) in [6.07, 6.45) is 2.07. The molecule has 1 aliphatic heterocycles. The van der Waals surface area contributed by atoms with Crippen LogP contribution in [0.2, 0.25) is 0 Å². The average molecular weight is 445 g/mol. The van der Waals surface area contributed by atoms with Gasteiger partial charge in [0, 0.05) is 13.1 Å². The molecule has 0 atom stereocenters. The molecule has 2 aromatic rings. The number of hydrogen-bond donors (Lipinski definition) is 1. The lowest BCUT2D eigenvalue weighted by Crippen LogP contribution is -2.20. The molecule has 0 aromatic heterocycles. The minimum absolute atomic E-state index is 0.325. The number of sulfonamides is 1. The summed E-state index contributed by atoms with van der Waals surface area (Å²) in [5.41, 5.74) is 2.11. The Kier molecular flexibility index (Phi) is 6.25. The van der Waals surface area contributed by atoms with Gasteiger partial charge in [-0.1, -0.05) is 37.6 Å². The van der Waals surface area contributed by atoms with Gasteiger partial charge in [-0.3, -0.25) is 9.62 Å². The van der Waals surface area contributed by atoms with Crippen molar-refractivity contribution in [3.63, 3.8) is 0 Å². The predicted molar refractivity (Wildman–Crippen MR) is 106 cm³/mol. The molecule has 0 fully saturated rings. The van der Waals surface area contributed by atoms with Crippen LogP contribution in [0, 0.1) is 0 Å². The molecule has 0 spiro atoms. The van der Waals surface area contributed by atoms with E-state index in [1.165, 1.54) is 12.1 Å². The molecular weight excluding hydrogens is 422 g/mol. The van der Waals surface area contributed by atoms with Gasteiger partial charge >= 0.3 is 5.76 Å². The van der Waals surface area contributed by atoms with E-state index in [2.05, 4.69) is 16.5 Å². The molecule has 6 nitrogen and oxygen atoms in total. The molecule has 2 aromatic carbocycles. The number of nitrogens with one attached hydrogen (secondary N) is 1. The zero-order valence-corrected chi connectivity index (χ0v) is 17.4. The number of unbranched alkanes of at least 4 members (excludes halogenated alkanes) is 1. The van der Waals surface area contributed by atoms with E-state index in [4.69, 9.17) is 0 Å². The van der Waals surface area contributed by atoms with Crippen LogP contribution in [0.1, 0.15) is 30.9 Å². The number of rotatable bonds is 8. The number of fused-ring (bicyclic) bond motifs is 1. The van der Waals surface area contributed by atoms with Gasteiger partial charge in [0.15, 0.2) is 0 Å². The fourth-order valence-electron chi connectivity index (χ4n) is 3.33. The molecule has 0 saturated heterocycles. The van der Waals surface area contributed by atoms with Crippen LogP contribution in [0.25, 0.3) is 0 Å². The summed E-state index contributed by atoms with van der Waals surface area (Å²) in [5, 5.41) is 0. The fraction of sp³-hybridized carbons (Fsp3) is 0.368. The van der Waals surface area contributed by atoms with Gasteiger partial charge in [-0.25, -0.2) is 16.8 Å². The summed E-state index contributed by atoms with van der Waals surface area (Å²) in [5.74, 6) is -3.72. The third kappa shape index (κ3) is 4.44. The molecule has 0 unspecified atom stereocenters. The third-order valence-corrected chi connectivity index (χ3v) is 7.79. The van der Waals surface area contributed by atoms with Crippen molar-refractivity contribution in [3.05, 3.63) is 53.6 Å². The van der Waals surface area contributed by atoms with Crippen LogP contribution in [0.5, 0.6) is 0 Å². The zero-order valence-electron chi connectivity index (χ0n) is 15.8. The first-order valence-electron chi connectivity index (χ1n) is 9.14. The highest BCUT2D eigenvalue weighted by molar-refractivity contribution is 7.95. The fourth-order valence-corrected chi connectivity index (χ4v) is 6.00. The normalized spacial score (nSPS) is 14.9. The van der Waals surface area contributed by atoms with Crippen molar-refractivity contribution in [2.45, 2.75) is 48.4 Å². The van der Waals surface area contributed by atoms with Crippen molar-refractivity contribution in [3.8, 4) is 0 Å². The highest BCUT2D eigenvalue weighted by Gasteiger charge is 2.33. The molecule has 0 bridgehead atoms. The summed E-state index contributed by atoms with van der Waals surface area (Å²) < 4.78 is 78.1. The molecule has 0 saturated carbocycles. The van der Waals surface area contributed by atoms with Crippen molar-refractivity contribution < 1.29 is 25.6 Å². The highest BCUT2D eigenvalue weighted by Crippen LogP contribution is 2.32. The van der Waals surface area contributed by atoms with Crippen LogP contribution < -0.4 is 4.72 Å². The maximum atomic E-state index is 13.0. The Balaban J connectivity index is 1.95. The van der Waals surface area contributed by atoms with Crippen molar-refractivity contribution in [2.75, 3.05) is 11.3 Å². The van der Waals surface area contributed by atoms with Crippen molar-refractivity contribution >= 4 is 25.5 Å². The van der Waals surface area contributed by atoms with Crippen molar-refractivity contribution in [1.29, 1.82) is 0 Å². The maximum absolute atomic E-state index is 13.0. The van der Waals surface area contributed by atoms with E-state index < -0.39 is 35.4 Å². The van der Waals surface area contributed by atoms with E-state index in [1.807, 2.05) is 6.07 Å². The van der Waals surface area contributed by atoms with Gasteiger partial charge in [-0.05, 0) is 42.3 Å². The summed E-state index contributed by atoms with van der Waals surface area (Å²) in [6, 6.07) is 9.59. The van der Waals surface area contributed by atoms with E-state index >= 15 is 0 Å². The molecule has 0 aliphatic carbocycles.